The van der Waals surface area contributed by atoms with Crippen molar-refractivity contribution in [3.05, 3.63) is 36.5 Å². The Labute approximate surface area is 77.7 Å². The Morgan fingerprint density at radius 3 is 2.77 bits per heavy atom. The zero-order chi connectivity index (χ0) is 9.26. The van der Waals surface area contributed by atoms with Crippen molar-refractivity contribution >= 4 is 22.0 Å². The predicted octanol–water partition coefficient (Wildman–Crippen LogP) is 1.47. The zero-order valence-electron chi connectivity index (χ0n) is 6.64. The number of pyridine rings is 1. The van der Waals surface area contributed by atoms with Crippen molar-refractivity contribution in [1.29, 1.82) is 0 Å². The Kier molecular flexibility index (Phi) is 2.08. The number of nitrogens with zero attached hydrogens (tertiary/aromatic N) is 1. The van der Waals surface area contributed by atoms with Gasteiger partial charge in [-0.15, -0.1) is 0 Å². The SMILES string of the molecule is O=S([O-])c1cccc2cccnc12. The van der Waals surface area contributed by atoms with Crippen LogP contribution in [0.3, 0.4) is 0 Å². The quantitative estimate of drug-likeness (QED) is 0.643. The summed E-state index contributed by atoms with van der Waals surface area (Å²) in [6, 6.07) is 8.69. The van der Waals surface area contributed by atoms with Crippen molar-refractivity contribution in [2.75, 3.05) is 0 Å². The lowest BCUT2D eigenvalue weighted by molar-refractivity contribution is 0.538. The number of para-hydroxylation sites is 1. The molecule has 0 saturated heterocycles. The van der Waals surface area contributed by atoms with Crippen molar-refractivity contribution in [2.45, 2.75) is 4.90 Å². The second kappa shape index (κ2) is 3.24. The van der Waals surface area contributed by atoms with Gasteiger partial charge in [0.05, 0.1) is 10.4 Å². The van der Waals surface area contributed by atoms with E-state index in [0.29, 0.717) is 5.52 Å². The Bertz CT molecular complexity index is 465. The van der Waals surface area contributed by atoms with Crippen LogP contribution in [-0.4, -0.2) is 13.7 Å². The number of rotatable bonds is 1. The molecule has 13 heavy (non-hydrogen) atoms. The molecule has 0 saturated carbocycles. The van der Waals surface area contributed by atoms with Crippen LogP contribution in [0.15, 0.2) is 41.4 Å². The molecule has 0 spiro atoms. The van der Waals surface area contributed by atoms with E-state index in [9.17, 15) is 8.76 Å². The summed E-state index contributed by atoms with van der Waals surface area (Å²) in [6.45, 7) is 0. The van der Waals surface area contributed by atoms with Gasteiger partial charge < -0.3 is 4.55 Å². The minimum atomic E-state index is -2.22. The Morgan fingerprint density at radius 2 is 2.00 bits per heavy atom. The fraction of sp³-hybridized carbons (Fsp3) is 0. The third kappa shape index (κ3) is 1.46. The van der Waals surface area contributed by atoms with E-state index in [2.05, 4.69) is 4.98 Å². The molecule has 66 valence electrons. The first-order valence-electron chi connectivity index (χ1n) is 3.72. The molecule has 1 atom stereocenters. The zero-order valence-corrected chi connectivity index (χ0v) is 7.45. The second-order valence-electron chi connectivity index (χ2n) is 2.57. The van der Waals surface area contributed by atoms with Crippen molar-refractivity contribution in [3.63, 3.8) is 0 Å². The molecule has 4 heteroatoms. The van der Waals surface area contributed by atoms with Crippen molar-refractivity contribution in [1.82, 2.24) is 4.98 Å². The van der Waals surface area contributed by atoms with Crippen LogP contribution in [0.4, 0.5) is 0 Å². The van der Waals surface area contributed by atoms with Gasteiger partial charge in [-0.05, 0) is 23.2 Å². The molecule has 0 aliphatic carbocycles. The van der Waals surface area contributed by atoms with Gasteiger partial charge in [0.25, 0.3) is 0 Å². The average Bonchev–Trinajstić information content (AvgIpc) is 2.17. The van der Waals surface area contributed by atoms with Crippen LogP contribution in [-0.2, 0) is 11.1 Å². The summed E-state index contributed by atoms with van der Waals surface area (Å²) in [5.74, 6) is 0. The Morgan fingerprint density at radius 1 is 1.23 bits per heavy atom. The molecular formula is C9H6NO2S-. The van der Waals surface area contributed by atoms with E-state index in [4.69, 9.17) is 0 Å². The van der Waals surface area contributed by atoms with Gasteiger partial charge in [-0.2, -0.15) is 0 Å². The van der Waals surface area contributed by atoms with Crippen molar-refractivity contribution in [3.8, 4) is 0 Å². The van der Waals surface area contributed by atoms with Crippen molar-refractivity contribution in [2.24, 2.45) is 0 Å². The first-order valence-corrected chi connectivity index (χ1v) is 4.79. The van der Waals surface area contributed by atoms with Crippen LogP contribution in [0.1, 0.15) is 0 Å². The molecule has 1 aromatic carbocycles. The lowest BCUT2D eigenvalue weighted by atomic mass is 10.2. The highest BCUT2D eigenvalue weighted by molar-refractivity contribution is 7.79. The third-order valence-corrected chi connectivity index (χ3v) is 2.46. The van der Waals surface area contributed by atoms with E-state index in [1.807, 2.05) is 12.1 Å². The first-order chi connectivity index (χ1) is 6.29. The molecule has 1 aromatic heterocycles. The van der Waals surface area contributed by atoms with E-state index in [-0.39, 0.29) is 4.90 Å². The molecule has 1 unspecified atom stereocenters. The molecule has 2 aromatic rings. The molecule has 0 radical (unpaired) electrons. The van der Waals surface area contributed by atoms with E-state index >= 15 is 0 Å². The topological polar surface area (TPSA) is 53.0 Å². The standard InChI is InChI=1S/C9H7NO2S/c11-13(12)8-5-1-3-7-4-2-6-10-9(7)8/h1-6H,(H,11,12)/p-1. The highest BCUT2D eigenvalue weighted by atomic mass is 32.2. The number of hydrogen-bond donors (Lipinski definition) is 0. The normalized spacial score (nSPS) is 13.0. The summed E-state index contributed by atoms with van der Waals surface area (Å²) in [5.41, 5.74) is 0.526. The largest absolute Gasteiger partial charge is 0.768 e. The smallest absolute Gasteiger partial charge is 0.0851 e. The van der Waals surface area contributed by atoms with E-state index in [1.54, 1.807) is 24.4 Å². The highest BCUT2D eigenvalue weighted by Gasteiger charge is 2.00. The van der Waals surface area contributed by atoms with Gasteiger partial charge in [0.2, 0.25) is 0 Å². The minimum Gasteiger partial charge on any atom is -0.768 e. The van der Waals surface area contributed by atoms with Crippen LogP contribution in [0.2, 0.25) is 0 Å². The first kappa shape index (κ1) is 8.34. The van der Waals surface area contributed by atoms with Crippen LogP contribution in [0.25, 0.3) is 10.9 Å². The summed E-state index contributed by atoms with van der Waals surface area (Å²) in [7, 11) is 0. The average molecular weight is 192 g/mol. The van der Waals surface area contributed by atoms with E-state index in [0.717, 1.165) is 5.39 Å². The van der Waals surface area contributed by atoms with Crippen LogP contribution >= 0.6 is 0 Å². The van der Waals surface area contributed by atoms with Crippen molar-refractivity contribution < 1.29 is 8.76 Å². The lowest BCUT2D eigenvalue weighted by Crippen LogP contribution is -1.91. The van der Waals surface area contributed by atoms with Gasteiger partial charge in [0, 0.05) is 11.6 Å². The van der Waals surface area contributed by atoms with Gasteiger partial charge in [-0.3, -0.25) is 9.19 Å². The highest BCUT2D eigenvalue weighted by Crippen LogP contribution is 2.17. The molecule has 0 bridgehead atoms. The van der Waals surface area contributed by atoms with Crippen LogP contribution < -0.4 is 0 Å². The maximum Gasteiger partial charge on any atom is 0.0851 e. The molecule has 0 aliphatic rings. The molecule has 0 amide bonds. The maximum atomic E-state index is 10.8. The lowest BCUT2D eigenvalue weighted by Gasteiger charge is -2.07. The summed E-state index contributed by atoms with van der Waals surface area (Å²) in [4.78, 5) is 4.26. The fourth-order valence-electron chi connectivity index (χ4n) is 1.21. The summed E-state index contributed by atoms with van der Waals surface area (Å²) in [6.07, 6.45) is 1.58. The Hall–Kier alpha value is -1.26. The third-order valence-electron chi connectivity index (χ3n) is 1.78. The molecule has 0 aliphatic heterocycles. The van der Waals surface area contributed by atoms with Gasteiger partial charge in [-0.1, -0.05) is 18.2 Å². The summed E-state index contributed by atoms with van der Waals surface area (Å²) in [5, 5.41) is 0.837. The fourth-order valence-corrected chi connectivity index (χ4v) is 1.73. The molecule has 2 rings (SSSR count). The summed E-state index contributed by atoms with van der Waals surface area (Å²) < 4.78 is 21.5. The molecular weight excluding hydrogens is 186 g/mol. The van der Waals surface area contributed by atoms with E-state index in [1.165, 1.54) is 0 Å². The monoisotopic (exact) mass is 192 g/mol. The number of benzene rings is 1. The van der Waals surface area contributed by atoms with Crippen LogP contribution in [0, 0.1) is 0 Å². The maximum absolute atomic E-state index is 10.8. The van der Waals surface area contributed by atoms with Gasteiger partial charge in [0.15, 0.2) is 0 Å². The minimum absolute atomic E-state index is 0.248. The Balaban J connectivity index is 2.83. The van der Waals surface area contributed by atoms with Crippen LogP contribution in [0.5, 0.6) is 0 Å². The van der Waals surface area contributed by atoms with E-state index < -0.39 is 11.1 Å². The summed E-state index contributed by atoms with van der Waals surface area (Å²) >= 11 is -2.22. The second-order valence-corrected chi connectivity index (χ2v) is 3.48. The molecule has 0 N–H and O–H groups in total. The molecule has 3 nitrogen and oxygen atoms in total. The van der Waals surface area contributed by atoms with Gasteiger partial charge >= 0.3 is 0 Å². The number of fused-ring (bicyclic) bond motifs is 1. The number of aromatic nitrogens is 1. The molecule has 1 heterocycles. The molecule has 0 fully saturated rings. The van der Waals surface area contributed by atoms with Gasteiger partial charge in [0.1, 0.15) is 0 Å². The predicted molar refractivity (Wildman–Crippen MR) is 48.9 cm³/mol. The van der Waals surface area contributed by atoms with Gasteiger partial charge in [-0.25, -0.2) is 0 Å². The number of hydrogen-bond acceptors (Lipinski definition) is 3.